The first kappa shape index (κ1) is 20.8. The average molecular weight is 370 g/mol. The van der Waals surface area contributed by atoms with Crippen molar-refractivity contribution in [3.8, 4) is 11.5 Å². The maximum atomic E-state index is 12.5. The zero-order valence-corrected chi connectivity index (χ0v) is 16.9. The number of benzene rings is 2. The molecule has 2 aromatic carbocycles. The number of carbonyl (C=O) groups excluding carboxylic acids is 1. The zero-order chi connectivity index (χ0) is 19.6. The molecule has 1 amide bonds. The van der Waals surface area contributed by atoms with Crippen LogP contribution in [0.3, 0.4) is 0 Å². The molecule has 27 heavy (non-hydrogen) atoms. The highest BCUT2D eigenvalue weighted by molar-refractivity contribution is 5.81. The normalized spacial score (nSPS) is 11.7. The van der Waals surface area contributed by atoms with Crippen LogP contribution in [0.1, 0.15) is 43.4 Å². The third-order valence-electron chi connectivity index (χ3n) is 4.66. The highest BCUT2D eigenvalue weighted by Crippen LogP contribution is 2.22. The summed E-state index contributed by atoms with van der Waals surface area (Å²) in [5, 5.41) is 3.00. The number of ether oxygens (including phenoxy) is 2. The molecule has 0 spiro atoms. The molecule has 2 rings (SSSR count). The molecule has 0 radical (unpaired) electrons. The van der Waals surface area contributed by atoms with Crippen LogP contribution >= 0.6 is 0 Å². The fraction of sp³-hybridized carbons (Fsp3) is 0.435. The third-order valence-corrected chi connectivity index (χ3v) is 4.66. The van der Waals surface area contributed by atoms with Crippen molar-refractivity contribution in [1.29, 1.82) is 0 Å². The monoisotopic (exact) mass is 369 g/mol. The molecule has 0 fully saturated rings. The van der Waals surface area contributed by atoms with E-state index >= 15 is 0 Å². The van der Waals surface area contributed by atoms with Gasteiger partial charge in [-0.15, -0.1) is 0 Å². The van der Waals surface area contributed by atoms with Crippen molar-refractivity contribution >= 4 is 5.91 Å². The van der Waals surface area contributed by atoms with Gasteiger partial charge in [-0.05, 0) is 74.9 Å². The SMILES string of the molecule is CCOc1ccc(CCCNC(=O)[C@@H](CC)Oc2cccc(C)c2C)cc1. The summed E-state index contributed by atoms with van der Waals surface area (Å²) in [6, 6.07) is 14.1. The Bertz CT molecular complexity index is 725. The second-order valence-corrected chi connectivity index (χ2v) is 6.68. The lowest BCUT2D eigenvalue weighted by atomic mass is 10.1. The smallest absolute Gasteiger partial charge is 0.261 e. The van der Waals surface area contributed by atoms with Gasteiger partial charge in [0.05, 0.1) is 6.61 Å². The minimum atomic E-state index is -0.462. The summed E-state index contributed by atoms with van der Waals surface area (Å²) in [4.78, 5) is 12.5. The van der Waals surface area contributed by atoms with Crippen molar-refractivity contribution in [2.45, 2.75) is 53.1 Å². The van der Waals surface area contributed by atoms with Gasteiger partial charge in [0.15, 0.2) is 6.10 Å². The van der Waals surface area contributed by atoms with Crippen LogP contribution in [0, 0.1) is 13.8 Å². The molecule has 0 heterocycles. The number of rotatable bonds is 10. The Labute approximate surface area is 162 Å². The van der Waals surface area contributed by atoms with Gasteiger partial charge in [0.25, 0.3) is 5.91 Å². The van der Waals surface area contributed by atoms with Crippen LogP contribution in [0.2, 0.25) is 0 Å². The molecule has 0 saturated carbocycles. The Hall–Kier alpha value is -2.49. The largest absolute Gasteiger partial charge is 0.494 e. The zero-order valence-electron chi connectivity index (χ0n) is 16.9. The molecule has 0 aromatic heterocycles. The van der Waals surface area contributed by atoms with E-state index in [9.17, 15) is 4.79 Å². The average Bonchev–Trinajstić information content (AvgIpc) is 2.67. The minimum absolute atomic E-state index is 0.0508. The first-order valence-corrected chi connectivity index (χ1v) is 9.77. The molecule has 1 N–H and O–H groups in total. The van der Waals surface area contributed by atoms with Gasteiger partial charge in [-0.3, -0.25) is 4.79 Å². The first-order valence-electron chi connectivity index (χ1n) is 9.77. The summed E-state index contributed by atoms with van der Waals surface area (Å²) in [5.74, 6) is 1.63. The van der Waals surface area contributed by atoms with Gasteiger partial charge >= 0.3 is 0 Å². The van der Waals surface area contributed by atoms with Crippen LogP contribution < -0.4 is 14.8 Å². The van der Waals surface area contributed by atoms with E-state index < -0.39 is 6.10 Å². The fourth-order valence-electron chi connectivity index (χ4n) is 2.86. The Balaban J connectivity index is 1.78. The standard InChI is InChI=1S/C23H31NO3/c1-5-21(27-22-11-7-9-17(3)18(22)4)23(25)24-16-8-10-19-12-14-20(15-13-19)26-6-2/h7,9,11-15,21H,5-6,8,10,16H2,1-4H3,(H,24,25)/t21-/m1/s1. The molecule has 0 aliphatic rings. The van der Waals surface area contributed by atoms with Crippen molar-refractivity contribution in [2.24, 2.45) is 0 Å². The third kappa shape index (κ3) is 6.31. The number of carbonyl (C=O) groups is 1. The summed E-state index contributed by atoms with van der Waals surface area (Å²) < 4.78 is 11.4. The summed E-state index contributed by atoms with van der Waals surface area (Å²) in [6.07, 6.45) is 1.98. The summed E-state index contributed by atoms with van der Waals surface area (Å²) >= 11 is 0. The van der Waals surface area contributed by atoms with E-state index in [1.54, 1.807) is 0 Å². The molecule has 0 saturated heterocycles. The molecule has 0 aliphatic heterocycles. The first-order chi connectivity index (χ1) is 13.0. The lowest BCUT2D eigenvalue weighted by molar-refractivity contribution is -0.128. The predicted molar refractivity (Wildman–Crippen MR) is 110 cm³/mol. The van der Waals surface area contributed by atoms with E-state index in [1.165, 1.54) is 5.56 Å². The van der Waals surface area contributed by atoms with Crippen LogP contribution in [0.4, 0.5) is 0 Å². The maximum Gasteiger partial charge on any atom is 0.261 e. The fourth-order valence-corrected chi connectivity index (χ4v) is 2.86. The van der Waals surface area contributed by atoms with Gasteiger partial charge in [-0.2, -0.15) is 0 Å². The highest BCUT2D eigenvalue weighted by atomic mass is 16.5. The second kappa shape index (κ2) is 10.6. The second-order valence-electron chi connectivity index (χ2n) is 6.68. The summed E-state index contributed by atoms with van der Waals surface area (Å²) in [6.45, 7) is 9.32. The van der Waals surface area contributed by atoms with Crippen molar-refractivity contribution in [2.75, 3.05) is 13.2 Å². The highest BCUT2D eigenvalue weighted by Gasteiger charge is 2.18. The van der Waals surface area contributed by atoms with E-state index in [1.807, 2.05) is 58.0 Å². The lowest BCUT2D eigenvalue weighted by Crippen LogP contribution is -2.38. The molecule has 2 aromatic rings. The Morgan fingerprint density at radius 1 is 1.07 bits per heavy atom. The van der Waals surface area contributed by atoms with Crippen molar-refractivity contribution in [1.82, 2.24) is 5.32 Å². The van der Waals surface area contributed by atoms with E-state index in [-0.39, 0.29) is 5.91 Å². The predicted octanol–water partition coefficient (Wildman–Crippen LogP) is 4.61. The van der Waals surface area contributed by atoms with Crippen LogP contribution in [0.25, 0.3) is 0 Å². The molecule has 146 valence electrons. The Kier molecular flexibility index (Phi) is 8.18. The number of aryl methyl sites for hydroxylation is 2. The van der Waals surface area contributed by atoms with Gasteiger partial charge in [-0.25, -0.2) is 0 Å². The van der Waals surface area contributed by atoms with Gasteiger partial charge in [0.1, 0.15) is 11.5 Å². The molecular formula is C23H31NO3. The lowest BCUT2D eigenvalue weighted by Gasteiger charge is -2.19. The summed E-state index contributed by atoms with van der Waals surface area (Å²) in [5.41, 5.74) is 3.49. The minimum Gasteiger partial charge on any atom is -0.494 e. The molecule has 4 nitrogen and oxygen atoms in total. The quantitative estimate of drug-likeness (QED) is 0.622. The van der Waals surface area contributed by atoms with Crippen molar-refractivity contribution < 1.29 is 14.3 Å². The number of nitrogens with one attached hydrogen (secondary N) is 1. The topological polar surface area (TPSA) is 47.6 Å². The van der Waals surface area contributed by atoms with Gasteiger partial charge < -0.3 is 14.8 Å². The van der Waals surface area contributed by atoms with E-state index in [0.29, 0.717) is 19.6 Å². The van der Waals surface area contributed by atoms with Crippen LogP contribution in [0.5, 0.6) is 11.5 Å². The molecule has 0 unspecified atom stereocenters. The molecule has 0 aliphatic carbocycles. The summed E-state index contributed by atoms with van der Waals surface area (Å²) in [7, 11) is 0. The molecule has 4 heteroatoms. The molecule has 1 atom stereocenters. The van der Waals surface area contributed by atoms with Crippen LogP contribution in [-0.2, 0) is 11.2 Å². The van der Waals surface area contributed by atoms with Crippen LogP contribution in [-0.4, -0.2) is 25.2 Å². The van der Waals surface area contributed by atoms with E-state index in [2.05, 4.69) is 17.4 Å². The van der Waals surface area contributed by atoms with E-state index in [0.717, 1.165) is 35.5 Å². The Morgan fingerprint density at radius 2 is 1.81 bits per heavy atom. The van der Waals surface area contributed by atoms with E-state index in [4.69, 9.17) is 9.47 Å². The number of hydrogen-bond acceptors (Lipinski definition) is 3. The Morgan fingerprint density at radius 3 is 2.48 bits per heavy atom. The molecular weight excluding hydrogens is 338 g/mol. The van der Waals surface area contributed by atoms with Gasteiger partial charge in [-0.1, -0.05) is 31.2 Å². The van der Waals surface area contributed by atoms with Gasteiger partial charge in [0.2, 0.25) is 0 Å². The maximum absolute atomic E-state index is 12.5. The van der Waals surface area contributed by atoms with Crippen LogP contribution in [0.15, 0.2) is 42.5 Å². The number of hydrogen-bond donors (Lipinski definition) is 1. The number of amides is 1. The van der Waals surface area contributed by atoms with Crippen molar-refractivity contribution in [3.63, 3.8) is 0 Å². The van der Waals surface area contributed by atoms with Gasteiger partial charge in [0, 0.05) is 6.54 Å². The molecule has 0 bridgehead atoms. The van der Waals surface area contributed by atoms with Crippen molar-refractivity contribution in [3.05, 3.63) is 59.2 Å².